The zero-order chi connectivity index (χ0) is 18.5. The van der Waals surface area contributed by atoms with Crippen molar-refractivity contribution in [2.75, 3.05) is 31.1 Å². The van der Waals surface area contributed by atoms with Gasteiger partial charge < -0.3 is 21.3 Å². The molecule has 3 rings (SSSR count). The van der Waals surface area contributed by atoms with Crippen molar-refractivity contribution in [3.63, 3.8) is 0 Å². The van der Waals surface area contributed by atoms with E-state index in [0.717, 1.165) is 26.2 Å². The van der Waals surface area contributed by atoms with E-state index in [1.807, 2.05) is 4.90 Å². The van der Waals surface area contributed by atoms with Crippen molar-refractivity contribution >= 4 is 17.5 Å². The summed E-state index contributed by atoms with van der Waals surface area (Å²) in [5.41, 5.74) is 6.75. The first-order valence-corrected chi connectivity index (χ1v) is 8.33. The Labute approximate surface area is 150 Å². The van der Waals surface area contributed by atoms with Crippen LogP contribution in [0.25, 0.3) is 0 Å². The number of anilines is 1. The summed E-state index contributed by atoms with van der Waals surface area (Å²) in [5.74, 6) is -1.32. The molecule has 1 aromatic carbocycles. The van der Waals surface area contributed by atoms with Crippen LogP contribution in [-0.2, 0) is 6.54 Å². The van der Waals surface area contributed by atoms with Gasteiger partial charge in [-0.25, -0.2) is 4.39 Å². The summed E-state index contributed by atoms with van der Waals surface area (Å²) in [5, 5.41) is 5.91. The summed E-state index contributed by atoms with van der Waals surface area (Å²) in [6.07, 6.45) is 1.25. The van der Waals surface area contributed by atoms with Gasteiger partial charge >= 0.3 is 0 Å². The lowest BCUT2D eigenvalue weighted by Crippen LogP contribution is -2.43. The van der Waals surface area contributed by atoms with Gasteiger partial charge in [-0.3, -0.25) is 14.6 Å². The number of halogens is 1. The molecule has 1 aliphatic heterocycles. The number of aromatic nitrogens is 1. The standard InChI is InChI=1S/C18H20FN5O2/c19-14-9-12(1-4-16(14)24-7-5-21-6-8-24)10-23-18(26)15-3-2-13(11-22-15)17(20)25/h1-4,9,11,21H,5-8,10H2,(H2,20,25)(H,23,26). The van der Waals surface area contributed by atoms with Gasteiger partial charge in [0.15, 0.2) is 0 Å². The van der Waals surface area contributed by atoms with E-state index in [1.165, 1.54) is 24.4 Å². The Morgan fingerprint density at radius 1 is 1.23 bits per heavy atom. The summed E-state index contributed by atoms with van der Waals surface area (Å²) in [6, 6.07) is 7.82. The van der Waals surface area contributed by atoms with Crippen molar-refractivity contribution in [3.05, 3.63) is 59.2 Å². The summed E-state index contributed by atoms with van der Waals surface area (Å²) in [6.45, 7) is 3.37. The summed E-state index contributed by atoms with van der Waals surface area (Å²) >= 11 is 0. The molecule has 0 radical (unpaired) electrons. The zero-order valence-corrected chi connectivity index (χ0v) is 14.2. The lowest BCUT2D eigenvalue weighted by atomic mass is 10.1. The number of rotatable bonds is 5. The van der Waals surface area contributed by atoms with Crippen molar-refractivity contribution in [2.45, 2.75) is 6.54 Å². The molecule has 136 valence electrons. The number of benzene rings is 1. The lowest BCUT2D eigenvalue weighted by Gasteiger charge is -2.29. The number of carbonyl (C=O) groups is 2. The molecule has 1 aliphatic rings. The minimum Gasteiger partial charge on any atom is -0.367 e. The van der Waals surface area contributed by atoms with Crippen LogP contribution in [0.4, 0.5) is 10.1 Å². The third-order valence-electron chi connectivity index (χ3n) is 4.20. The van der Waals surface area contributed by atoms with Gasteiger partial charge in [-0.2, -0.15) is 0 Å². The van der Waals surface area contributed by atoms with Crippen molar-refractivity contribution < 1.29 is 14.0 Å². The van der Waals surface area contributed by atoms with E-state index >= 15 is 0 Å². The molecule has 0 unspecified atom stereocenters. The van der Waals surface area contributed by atoms with Crippen LogP contribution in [0.1, 0.15) is 26.4 Å². The third kappa shape index (κ3) is 4.15. The number of nitrogens with two attached hydrogens (primary N) is 1. The van der Waals surface area contributed by atoms with Crippen LogP contribution in [-0.4, -0.2) is 43.0 Å². The normalized spacial score (nSPS) is 14.1. The highest BCUT2D eigenvalue weighted by Gasteiger charge is 2.15. The van der Waals surface area contributed by atoms with E-state index in [-0.39, 0.29) is 23.6 Å². The second-order valence-corrected chi connectivity index (χ2v) is 6.00. The average molecular weight is 357 g/mol. The molecular weight excluding hydrogens is 337 g/mol. The number of piperazine rings is 1. The third-order valence-corrected chi connectivity index (χ3v) is 4.20. The summed E-state index contributed by atoms with van der Waals surface area (Å²) < 4.78 is 14.4. The van der Waals surface area contributed by atoms with Gasteiger partial charge in [-0.15, -0.1) is 0 Å². The van der Waals surface area contributed by atoms with Gasteiger partial charge in [0.05, 0.1) is 11.3 Å². The Hall–Kier alpha value is -3.00. The van der Waals surface area contributed by atoms with Crippen LogP contribution in [0.15, 0.2) is 36.5 Å². The Morgan fingerprint density at radius 3 is 2.62 bits per heavy atom. The highest BCUT2D eigenvalue weighted by atomic mass is 19.1. The molecule has 26 heavy (non-hydrogen) atoms. The quantitative estimate of drug-likeness (QED) is 0.730. The maximum Gasteiger partial charge on any atom is 0.270 e. The number of amides is 2. The van der Waals surface area contributed by atoms with Gasteiger partial charge in [-0.1, -0.05) is 6.07 Å². The first kappa shape index (κ1) is 17.8. The van der Waals surface area contributed by atoms with Gasteiger partial charge in [0.25, 0.3) is 5.91 Å². The topological polar surface area (TPSA) is 100 Å². The predicted molar refractivity (Wildman–Crippen MR) is 95.4 cm³/mol. The fourth-order valence-electron chi connectivity index (χ4n) is 2.77. The van der Waals surface area contributed by atoms with E-state index in [0.29, 0.717) is 11.3 Å². The first-order valence-electron chi connectivity index (χ1n) is 8.33. The molecule has 2 aromatic rings. The second-order valence-electron chi connectivity index (χ2n) is 6.00. The van der Waals surface area contributed by atoms with Gasteiger partial charge in [0, 0.05) is 38.9 Å². The predicted octanol–water partition coefficient (Wildman–Crippen LogP) is 0.659. The zero-order valence-electron chi connectivity index (χ0n) is 14.2. The minimum absolute atomic E-state index is 0.160. The molecule has 1 aromatic heterocycles. The number of nitrogens with one attached hydrogen (secondary N) is 2. The van der Waals surface area contributed by atoms with E-state index in [4.69, 9.17) is 5.73 Å². The number of hydrogen-bond acceptors (Lipinski definition) is 5. The first-order chi connectivity index (χ1) is 12.5. The molecule has 0 spiro atoms. The number of hydrogen-bond donors (Lipinski definition) is 3. The average Bonchev–Trinajstić information content (AvgIpc) is 2.67. The van der Waals surface area contributed by atoms with Crippen LogP contribution in [0.3, 0.4) is 0 Å². The Bertz CT molecular complexity index is 804. The number of pyridine rings is 1. The van der Waals surface area contributed by atoms with E-state index in [2.05, 4.69) is 15.6 Å². The molecule has 0 aliphatic carbocycles. The molecule has 8 heteroatoms. The van der Waals surface area contributed by atoms with Crippen LogP contribution in [0.2, 0.25) is 0 Å². The molecule has 2 heterocycles. The van der Waals surface area contributed by atoms with Crippen LogP contribution < -0.4 is 21.3 Å². The van der Waals surface area contributed by atoms with E-state index < -0.39 is 11.8 Å². The van der Waals surface area contributed by atoms with Crippen LogP contribution in [0, 0.1) is 5.82 Å². The Kier molecular flexibility index (Phi) is 5.43. The Balaban J connectivity index is 1.61. The van der Waals surface area contributed by atoms with Crippen molar-refractivity contribution in [3.8, 4) is 0 Å². The van der Waals surface area contributed by atoms with E-state index in [1.54, 1.807) is 12.1 Å². The van der Waals surface area contributed by atoms with Crippen molar-refractivity contribution in [1.29, 1.82) is 0 Å². The summed E-state index contributed by atoms with van der Waals surface area (Å²) in [4.78, 5) is 29.0. The maximum atomic E-state index is 14.4. The van der Waals surface area contributed by atoms with Crippen LogP contribution >= 0.6 is 0 Å². The fraction of sp³-hybridized carbons (Fsp3) is 0.278. The van der Waals surface area contributed by atoms with Crippen molar-refractivity contribution in [1.82, 2.24) is 15.6 Å². The van der Waals surface area contributed by atoms with E-state index in [9.17, 15) is 14.0 Å². The van der Waals surface area contributed by atoms with Gasteiger partial charge in [0.2, 0.25) is 5.91 Å². The Morgan fingerprint density at radius 2 is 2.00 bits per heavy atom. The van der Waals surface area contributed by atoms with Crippen molar-refractivity contribution in [2.24, 2.45) is 5.73 Å². The molecule has 7 nitrogen and oxygen atoms in total. The maximum absolute atomic E-state index is 14.4. The number of nitrogens with zero attached hydrogens (tertiary/aromatic N) is 2. The summed E-state index contributed by atoms with van der Waals surface area (Å²) in [7, 11) is 0. The monoisotopic (exact) mass is 357 g/mol. The van der Waals surface area contributed by atoms with Gasteiger partial charge in [-0.05, 0) is 29.8 Å². The minimum atomic E-state index is -0.607. The molecule has 1 saturated heterocycles. The molecule has 0 atom stereocenters. The molecule has 0 bridgehead atoms. The van der Waals surface area contributed by atoms with Crippen LogP contribution in [0.5, 0.6) is 0 Å². The number of primary amides is 1. The molecule has 0 saturated carbocycles. The highest BCUT2D eigenvalue weighted by Crippen LogP contribution is 2.21. The lowest BCUT2D eigenvalue weighted by molar-refractivity contribution is 0.0943. The second kappa shape index (κ2) is 7.92. The largest absolute Gasteiger partial charge is 0.367 e. The highest BCUT2D eigenvalue weighted by molar-refractivity contribution is 5.95. The molecule has 4 N–H and O–H groups in total. The fourth-order valence-corrected chi connectivity index (χ4v) is 2.77. The smallest absolute Gasteiger partial charge is 0.270 e. The number of carbonyl (C=O) groups excluding carboxylic acids is 2. The molecule has 2 amide bonds. The molecular formula is C18H20FN5O2. The van der Waals surface area contributed by atoms with Gasteiger partial charge in [0.1, 0.15) is 11.5 Å². The SMILES string of the molecule is NC(=O)c1ccc(C(=O)NCc2ccc(N3CCNCC3)c(F)c2)nc1. The molecule has 1 fully saturated rings.